The standard InChI is InChI=1S/C23H32N2O9/c1-5-16(6-2)33-19(28)10-17(27)23(30)31-12-18-13(3)20(32-14(4)26)22(34-18)25-9-7-8-15(11-25)21(24)29/h7-9,11,13,16-18,20,22,27H,5-6,10,12H2,1-4H3,(H-,24,29)/p+1/t13-,17+,18-,20?,22-/m1/s1. The summed E-state index contributed by atoms with van der Waals surface area (Å²) in [5, 5.41) is 10.0. The van der Waals surface area contributed by atoms with Crippen LogP contribution in [-0.2, 0) is 33.3 Å². The van der Waals surface area contributed by atoms with Gasteiger partial charge in [0.05, 0.1) is 6.42 Å². The minimum absolute atomic E-state index is 0.235. The maximum atomic E-state index is 12.2. The molecule has 2 heterocycles. The summed E-state index contributed by atoms with van der Waals surface area (Å²) in [6.07, 6.45) is -0.350. The first kappa shape index (κ1) is 27.2. The fourth-order valence-corrected chi connectivity index (χ4v) is 3.63. The van der Waals surface area contributed by atoms with E-state index in [1.165, 1.54) is 19.2 Å². The van der Waals surface area contributed by atoms with E-state index in [0.29, 0.717) is 12.8 Å². The van der Waals surface area contributed by atoms with Gasteiger partial charge in [0.25, 0.3) is 5.91 Å². The molecule has 1 aromatic rings. The average Bonchev–Trinajstić information content (AvgIpc) is 3.10. The number of carbonyl (C=O) groups excluding carboxylic acids is 4. The molecule has 34 heavy (non-hydrogen) atoms. The molecule has 2 rings (SSSR count). The Morgan fingerprint density at radius 1 is 1.24 bits per heavy atom. The highest BCUT2D eigenvalue weighted by Gasteiger charge is 2.50. The molecule has 1 aliphatic rings. The van der Waals surface area contributed by atoms with Crippen LogP contribution in [0.15, 0.2) is 24.5 Å². The third-order valence-corrected chi connectivity index (χ3v) is 5.63. The molecule has 0 bridgehead atoms. The lowest BCUT2D eigenvalue weighted by Crippen LogP contribution is -2.46. The Bertz CT molecular complexity index is 887. The van der Waals surface area contributed by atoms with Crippen molar-refractivity contribution in [3.8, 4) is 0 Å². The molecule has 11 heteroatoms. The molecular formula is C23H33N2O9+. The number of pyridine rings is 1. The van der Waals surface area contributed by atoms with Crippen LogP contribution >= 0.6 is 0 Å². The lowest BCUT2D eigenvalue weighted by molar-refractivity contribution is -0.765. The number of primary amides is 1. The number of carbonyl (C=O) groups is 4. The fourth-order valence-electron chi connectivity index (χ4n) is 3.63. The van der Waals surface area contributed by atoms with Crippen molar-refractivity contribution in [3.05, 3.63) is 30.1 Å². The van der Waals surface area contributed by atoms with E-state index in [0.717, 1.165) is 0 Å². The number of ether oxygens (including phenoxy) is 4. The number of hydrogen-bond acceptors (Lipinski definition) is 9. The molecule has 1 unspecified atom stereocenters. The number of rotatable bonds is 11. The number of aliphatic hydroxyl groups is 1. The van der Waals surface area contributed by atoms with Crippen LogP contribution in [0.25, 0.3) is 0 Å². The second-order valence-electron chi connectivity index (χ2n) is 8.18. The SMILES string of the molecule is CCC(CC)OC(=O)C[C@H](O)C(=O)OC[C@H]1O[C@@H]([n+]2cccc(C(N)=O)c2)C(OC(C)=O)[C@@H]1C. The van der Waals surface area contributed by atoms with Gasteiger partial charge < -0.3 is 29.8 Å². The second kappa shape index (κ2) is 12.4. The Kier molecular flexibility index (Phi) is 9.94. The van der Waals surface area contributed by atoms with Gasteiger partial charge in [-0.25, -0.2) is 4.79 Å². The molecule has 1 aliphatic heterocycles. The third-order valence-electron chi connectivity index (χ3n) is 5.63. The van der Waals surface area contributed by atoms with Gasteiger partial charge in [0.1, 0.15) is 24.4 Å². The molecule has 3 N–H and O–H groups in total. The van der Waals surface area contributed by atoms with E-state index in [1.807, 2.05) is 13.8 Å². The normalized spacial score (nSPS) is 22.8. The van der Waals surface area contributed by atoms with Crippen LogP contribution in [0, 0.1) is 5.92 Å². The summed E-state index contributed by atoms with van der Waals surface area (Å²) in [6, 6.07) is 3.14. The summed E-state index contributed by atoms with van der Waals surface area (Å²) < 4.78 is 23.3. The van der Waals surface area contributed by atoms with E-state index in [2.05, 4.69) is 0 Å². The third kappa shape index (κ3) is 7.22. The quantitative estimate of drug-likeness (QED) is 0.262. The Hall–Kier alpha value is -3.05. The van der Waals surface area contributed by atoms with E-state index in [9.17, 15) is 24.3 Å². The summed E-state index contributed by atoms with van der Waals surface area (Å²) in [5.41, 5.74) is 5.58. The average molecular weight is 482 g/mol. The number of nitrogens with zero attached hydrogens (tertiary/aromatic N) is 1. The van der Waals surface area contributed by atoms with Crippen LogP contribution in [0.4, 0.5) is 0 Å². The number of aliphatic hydroxyl groups excluding tert-OH is 1. The van der Waals surface area contributed by atoms with Gasteiger partial charge in [-0.15, -0.1) is 0 Å². The lowest BCUT2D eigenvalue weighted by atomic mass is 10.0. The molecule has 0 aromatic carbocycles. The number of aromatic nitrogens is 1. The van der Waals surface area contributed by atoms with Crippen LogP contribution in [0.2, 0.25) is 0 Å². The molecule has 11 nitrogen and oxygen atoms in total. The minimum Gasteiger partial charge on any atom is -0.462 e. The monoisotopic (exact) mass is 481 g/mol. The van der Waals surface area contributed by atoms with Gasteiger partial charge in [-0.05, 0) is 18.9 Å². The van der Waals surface area contributed by atoms with Gasteiger partial charge >= 0.3 is 24.1 Å². The summed E-state index contributed by atoms with van der Waals surface area (Å²) in [5.74, 6) is -3.24. The van der Waals surface area contributed by atoms with Gasteiger partial charge in [-0.1, -0.05) is 20.8 Å². The van der Waals surface area contributed by atoms with E-state index in [1.54, 1.807) is 23.8 Å². The van der Waals surface area contributed by atoms with Gasteiger partial charge in [-0.3, -0.25) is 14.4 Å². The Morgan fingerprint density at radius 2 is 1.91 bits per heavy atom. The van der Waals surface area contributed by atoms with E-state index >= 15 is 0 Å². The smallest absolute Gasteiger partial charge is 0.335 e. The number of hydrogen-bond donors (Lipinski definition) is 2. The van der Waals surface area contributed by atoms with Crippen LogP contribution in [0.5, 0.6) is 0 Å². The van der Waals surface area contributed by atoms with Crippen molar-refractivity contribution in [3.63, 3.8) is 0 Å². The fraction of sp³-hybridized carbons (Fsp3) is 0.609. The Labute approximate surface area is 198 Å². The first-order valence-electron chi connectivity index (χ1n) is 11.2. The van der Waals surface area contributed by atoms with E-state index in [-0.39, 0.29) is 18.3 Å². The summed E-state index contributed by atoms with van der Waals surface area (Å²) in [7, 11) is 0. The van der Waals surface area contributed by atoms with Gasteiger partial charge in [0, 0.05) is 18.9 Å². The molecule has 1 saturated heterocycles. The molecule has 0 radical (unpaired) electrons. The first-order chi connectivity index (χ1) is 16.1. The van der Waals surface area contributed by atoms with Crippen LogP contribution in [-0.4, -0.2) is 59.9 Å². The molecular weight excluding hydrogens is 448 g/mol. The predicted molar refractivity (Wildman–Crippen MR) is 116 cm³/mol. The Morgan fingerprint density at radius 3 is 2.50 bits per heavy atom. The molecule has 1 aromatic heterocycles. The van der Waals surface area contributed by atoms with E-state index < -0.39 is 60.7 Å². The highest BCUT2D eigenvalue weighted by atomic mass is 16.6. The van der Waals surface area contributed by atoms with Crippen molar-refractivity contribution in [2.24, 2.45) is 11.7 Å². The maximum absolute atomic E-state index is 12.2. The van der Waals surface area contributed by atoms with Crippen molar-refractivity contribution in [1.29, 1.82) is 0 Å². The topological polar surface area (TPSA) is 155 Å². The highest BCUT2D eigenvalue weighted by Crippen LogP contribution is 2.33. The molecule has 0 spiro atoms. The van der Waals surface area contributed by atoms with Crippen LogP contribution in [0.1, 0.15) is 63.5 Å². The van der Waals surface area contributed by atoms with Crippen molar-refractivity contribution in [2.75, 3.05) is 6.61 Å². The van der Waals surface area contributed by atoms with Crippen molar-refractivity contribution >= 4 is 23.8 Å². The predicted octanol–water partition coefficient (Wildman–Crippen LogP) is 0.564. The van der Waals surface area contributed by atoms with Gasteiger partial charge in [-0.2, -0.15) is 4.57 Å². The lowest BCUT2D eigenvalue weighted by Gasteiger charge is -2.18. The minimum atomic E-state index is -1.68. The summed E-state index contributed by atoms with van der Waals surface area (Å²) in [6.45, 7) is 6.51. The largest absolute Gasteiger partial charge is 0.462 e. The number of amides is 1. The van der Waals surface area contributed by atoms with Crippen LogP contribution in [0.3, 0.4) is 0 Å². The van der Waals surface area contributed by atoms with Crippen molar-refractivity contribution < 1.29 is 47.8 Å². The molecule has 0 aliphatic carbocycles. The molecule has 1 amide bonds. The summed E-state index contributed by atoms with van der Waals surface area (Å²) >= 11 is 0. The van der Waals surface area contributed by atoms with Crippen LogP contribution < -0.4 is 10.3 Å². The van der Waals surface area contributed by atoms with Crippen molar-refractivity contribution in [2.45, 2.75) is 77.6 Å². The first-order valence-corrected chi connectivity index (χ1v) is 11.2. The van der Waals surface area contributed by atoms with Crippen molar-refractivity contribution in [1.82, 2.24) is 0 Å². The van der Waals surface area contributed by atoms with Gasteiger partial charge in [0.2, 0.25) is 0 Å². The molecule has 1 fully saturated rings. The zero-order chi connectivity index (χ0) is 25.4. The molecule has 0 saturated carbocycles. The summed E-state index contributed by atoms with van der Waals surface area (Å²) in [4.78, 5) is 47.3. The number of nitrogens with two attached hydrogens (primary N) is 1. The van der Waals surface area contributed by atoms with Gasteiger partial charge in [0.15, 0.2) is 24.6 Å². The zero-order valence-electron chi connectivity index (χ0n) is 19.8. The second-order valence-corrected chi connectivity index (χ2v) is 8.18. The maximum Gasteiger partial charge on any atom is 0.335 e. The molecule has 188 valence electrons. The molecule has 5 atom stereocenters. The van der Waals surface area contributed by atoms with E-state index in [4.69, 9.17) is 24.7 Å². The zero-order valence-corrected chi connectivity index (χ0v) is 19.8. The number of esters is 3. The highest BCUT2D eigenvalue weighted by molar-refractivity contribution is 5.92. The Balaban J connectivity index is 2.03.